The molecular formula is C24H24N2O4S. The van der Waals surface area contributed by atoms with E-state index in [9.17, 15) is 13.2 Å². The third kappa shape index (κ3) is 4.41. The van der Waals surface area contributed by atoms with Crippen molar-refractivity contribution in [2.75, 3.05) is 22.8 Å². The molecule has 0 saturated heterocycles. The second kappa shape index (κ2) is 8.81. The van der Waals surface area contributed by atoms with E-state index in [-0.39, 0.29) is 10.8 Å². The van der Waals surface area contributed by atoms with Gasteiger partial charge in [-0.2, -0.15) is 0 Å². The number of carbonyl (C=O) groups excluding carboxylic acids is 1. The number of benzene rings is 3. The first-order valence-corrected chi connectivity index (χ1v) is 11.7. The maximum absolute atomic E-state index is 13.0. The lowest BCUT2D eigenvalue weighted by molar-refractivity contribution is 0.0985. The molecule has 1 aliphatic heterocycles. The van der Waals surface area contributed by atoms with Gasteiger partial charge in [0.15, 0.2) is 0 Å². The average Bonchev–Trinajstić information content (AvgIpc) is 2.79. The lowest BCUT2D eigenvalue weighted by atomic mass is 10.0. The van der Waals surface area contributed by atoms with E-state index in [4.69, 9.17) is 4.74 Å². The minimum Gasteiger partial charge on any atom is -0.492 e. The van der Waals surface area contributed by atoms with Crippen LogP contribution in [0.2, 0.25) is 0 Å². The molecule has 7 heteroatoms. The molecule has 0 saturated carbocycles. The number of anilines is 2. The molecule has 0 atom stereocenters. The molecule has 6 nitrogen and oxygen atoms in total. The molecule has 31 heavy (non-hydrogen) atoms. The minimum absolute atomic E-state index is 0.0825. The Morgan fingerprint density at radius 1 is 1.03 bits per heavy atom. The Morgan fingerprint density at radius 2 is 1.77 bits per heavy atom. The van der Waals surface area contributed by atoms with Gasteiger partial charge in [0.1, 0.15) is 5.75 Å². The normalized spacial score (nSPS) is 13.4. The molecule has 0 fully saturated rings. The van der Waals surface area contributed by atoms with E-state index >= 15 is 0 Å². The van der Waals surface area contributed by atoms with Gasteiger partial charge in [0, 0.05) is 17.8 Å². The molecule has 1 amide bonds. The first-order valence-electron chi connectivity index (χ1n) is 10.2. The molecule has 3 aromatic carbocycles. The highest BCUT2D eigenvalue weighted by atomic mass is 32.2. The number of para-hydroxylation sites is 2. The summed E-state index contributed by atoms with van der Waals surface area (Å²) in [4.78, 5) is 14.8. The smallest absolute Gasteiger partial charge is 0.262 e. The predicted octanol–water partition coefficient (Wildman–Crippen LogP) is 4.48. The molecule has 1 aliphatic rings. The molecule has 0 radical (unpaired) electrons. The molecule has 0 aliphatic carbocycles. The SMILES string of the molecule is CCOc1ccccc1NS(=O)(=O)c1ccc2c(c1)CCCN2C(=O)c1ccccc1. The van der Waals surface area contributed by atoms with Crippen molar-refractivity contribution >= 4 is 27.3 Å². The van der Waals surface area contributed by atoms with Crippen LogP contribution in [-0.4, -0.2) is 27.5 Å². The van der Waals surface area contributed by atoms with E-state index in [1.165, 1.54) is 0 Å². The number of rotatable bonds is 6. The topological polar surface area (TPSA) is 75.7 Å². The number of fused-ring (bicyclic) bond motifs is 1. The third-order valence-corrected chi connectivity index (χ3v) is 6.54. The summed E-state index contributed by atoms with van der Waals surface area (Å²) < 4.78 is 34.2. The molecule has 1 heterocycles. The zero-order valence-electron chi connectivity index (χ0n) is 17.2. The van der Waals surface area contributed by atoms with E-state index in [2.05, 4.69) is 4.72 Å². The van der Waals surface area contributed by atoms with Crippen molar-refractivity contribution in [3.63, 3.8) is 0 Å². The van der Waals surface area contributed by atoms with Crippen LogP contribution < -0.4 is 14.4 Å². The van der Waals surface area contributed by atoms with Crippen LogP contribution in [-0.2, 0) is 16.4 Å². The number of amides is 1. The van der Waals surface area contributed by atoms with Crippen molar-refractivity contribution in [2.24, 2.45) is 0 Å². The van der Waals surface area contributed by atoms with Crippen molar-refractivity contribution in [3.8, 4) is 5.75 Å². The van der Waals surface area contributed by atoms with Crippen LogP contribution >= 0.6 is 0 Å². The fourth-order valence-electron chi connectivity index (χ4n) is 3.72. The van der Waals surface area contributed by atoms with Gasteiger partial charge in [0.2, 0.25) is 0 Å². The van der Waals surface area contributed by atoms with E-state index in [1.54, 1.807) is 59.5 Å². The summed E-state index contributed by atoms with van der Waals surface area (Å²) in [5.74, 6) is 0.395. The number of ether oxygens (including phenoxy) is 1. The molecular weight excluding hydrogens is 412 g/mol. The van der Waals surface area contributed by atoms with Gasteiger partial charge in [-0.1, -0.05) is 30.3 Å². The number of hydrogen-bond acceptors (Lipinski definition) is 4. The van der Waals surface area contributed by atoms with Gasteiger partial charge < -0.3 is 9.64 Å². The standard InChI is InChI=1S/C24H24N2O4S/c1-2-30-23-13-7-6-12-21(23)25-31(28,29)20-14-15-22-19(17-20)11-8-16-26(22)24(27)18-9-4-3-5-10-18/h3-7,9-10,12-15,17,25H,2,8,11,16H2,1H3. The number of nitrogens with one attached hydrogen (secondary N) is 1. The van der Waals surface area contributed by atoms with Gasteiger partial charge in [-0.3, -0.25) is 9.52 Å². The van der Waals surface area contributed by atoms with Crippen LogP contribution in [0.3, 0.4) is 0 Å². The molecule has 0 bridgehead atoms. The maximum atomic E-state index is 13.0. The van der Waals surface area contributed by atoms with E-state index < -0.39 is 10.0 Å². The number of sulfonamides is 1. The highest BCUT2D eigenvalue weighted by molar-refractivity contribution is 7.92. The summed E-state index contributed by atoms with van der Waals surface area (Å²) in [7, 11) is -3.81. The van der Waals surface area contributed by atoms with Crippen molar-refractivity contribution in [2.45, 2.75) is 24.7 Å². The fraction of sp³-hybridized carbons (Fsp3) is 0.208. The Balaban J connectivity index is 1.63. The molecule has 0 unspecified atom stereocenters. The predicted molar refractivity (Wildman–Crippen MR) is 121 cm³/mol. The van der Waals surface area contributed by atoms with Crippen molar-refractivity contribution in [1.29, 1.82) is 0 Å². The Labute approximate surface area is 182 Å². The first-order chi connectivity index (χ1) is 15.0. The summed E-state index contributed by atoms with van der Waals surface area (Å²) >= 11 is 0. The number of carbonyl (C=O) groups is 1. The van der Waals surface area contributed by atoms with Crippen LogP contribution in [0, 0.1) is 0 Å². The molecule has 160 valence electrons. The Hall–Kier alpha value is -3.32. The van der Waals surface area contributed by atoms with Gasteiger partial charge in [-0.25, -0.2) is 8.42 Å². The second-order valence-electron chi connectivity index (χ2n) is 7.25. The zero-order valence-corrected chi connectivity index (χ0v) is 18.1. The zero-order chi connectivity index (χ0) is 21.8. The lowest BCUT2D eigenvalue weighted by Gasteiger charge is -2.30. The highest BCUT2D eigenvalue weighted by Gasteiger charge is 2.26. The van der Waals surface area contributed by atoms with Gasteiger partial charge in [0.05, 0.1) is 17.2 Å². The highest BCUT2D eigenvalue weighted by Crippen LogP contribution is 2.32. The summed E-state index contributed by atoms with van der Waals surface area (Å²) in [6.07, 6.45) is 1.49. The van der Waals surface area contributed by atoms with Gasteiger partial charge in [-0.05, 0) is 67.8 Å². The van der Waals surface area contributed by atoms with E-state index in [1.807, 2.05) is 25.1 Å². The van der Waals surface area contributed by atoms with Crippen molar-refractivity contribution < 1.29 is 17.9 Å². The van der Waals surface area contributed by atoms with Gasteiger partial charge >= 0.3 is 0 Å². The Morgan fingerprint density at radius 3 is 2.55 bits per heavy atom. The van der Waals surface area contributed by atoms with Crippen LogP contribution in [0.1, 0.15) is 29.3 Å². The summed E-state index contributed by atoms with van der Waals surface area (Å²) in [6.45, 7) is 2.88. The average molecular weight is 437 g/mol. The van der Waals surface area contributed by atoms with Crippen LogP contribution in [0.4, 0.5) is 11.4 Å². The van der Waals surface area contributed by atoms with Gasteiger partial charge in [0.25, 0.3) is 15.9 Å². The number of hydrogen-bond donors (Lipinski definition) is 1. The quantitative estimate of drug-likeness (QED) is 0.618. The summed E-state index contributed by atoms with van der Waals surface area (Å²) in [6, 6.07) is 21.0. The Bertz CT molecular complexity index is 1190. The fourth-order valence-corrected chi connectivity index (χ4v) is 4.84. The van der Waals surface area contributed by atoms with E-state index in [0.717, 1.165) is 17.7 Å². The third-order valence-electron chi connectivity index (χ3n) is 5.18. The molecule has 3 aromatic rings. The lowest BCUT2D eigenvalue weighted by Crippen LogP contribution is -2.35. The molecule has 0 spiro atoms. The summed E-state index contributed by atoms with van der Waals surface area (Å²) in [5.41, 5.74) is 2.61. The largest absolute Gasteiger partial charge is 0.492 e. The van der Waals surface area contributed by atoms with Crippen LogP contribution in [0.5, 0.6) is 5.75 Å². The van der Waals surface area contributed by atoms with Crippen LogP contribution in [0.25, 0.3) is 0 Å². The maximum Gasteiger partial charge on any atom is 0.262 e. The van der Waals surface area contributed by atoms with Crippen molar-refractivity contribution in [3.05, 3.63) is 83.9 Å². The monoisotopic (exact) mass is 436 g/mol. The molecule has 0 aromatic heterocycles. The minimum atomic E-state index is -3.81. The van der Waals surface area contributed by atoms with Crippen molar-refractivity contribution in [1.82, 2.24) is 0 Å². The first kappa shape index (κ1) is 20.9. The second-order valence-corrected chi connectivity index (χ2v) is 8.93. The Kier molecular flexibility index (Phi) is 5.95. The molecule has 1 N–H and O–H groups in total. The number of aryl methyl sites for hydroxylation is 1. The number of nitrogens with zero attached hydrogens (tertiary/aromatic N) is 1. The van der Waals surface area contributed by atoms with E-state index in [0.29, 0.717) is 36.6 Å². The molecule has 4 rings (SSSR count). The van der Waals surface area contributed by atoms with Crippen LogP contribution in [0.15, 0.2) is 77.7 Å². The summed E-state index contributed by atoms with van der Waals surface area (Å²) in [5, 5.41) is 0. The van der Waals surface area contributed by atoms with Gasteiger partial charge in [-0.15, -0.1) is 0 Å².